The topological polar surface area (TPSA) is 38.9 Å². The Bertz CT molecular complexity index is 258. The van der Waals surface area contributed by atoms with Crippen LogP contribution in [-0.4, -0.2) is 11.0 Å². The number of hydrogen-bond donors (Lipinski definition) is 1. The zero-order chi connectivity index (χ0) is 9.10. The second-order valence-electron chi connectivity index (χ2n) is 3.90. The van der Waals surface area contributed by atoms with E-state index in [4.69, 9.17) is 5.73 Å². The minimum Gasteiger partial charge on any atom is -0.328 e. The molecule has 2 N–H and O–H groups in total. The highest BCUT2D eigenvalue weighted by Gasteiger charge is 2.20. The molecule has 2 unspecified atom stereocenters. The molecule has 13 heavy (non-hydrogen) atoms. The minimum atomic E-state index is 0.409. The van der Waals surface area contributed by atoms with Crippen molar-refractivity contribution in [2.24, 2.45) is 5.73 Å². The number of nitrogens with zero attached hydrogens (tertiary/aromatic N) is 1. The van der Waals surface area contributed by atoms with E-state index in [0.717, 1.165) is 6.42 Å². The van der Waals surface area contributed by atoms with Crippen molar-refractivity contribution in [2.75, 3.05) is 0 Å². The molecule has 0 bridgehead atoms. The molecule has 1 aliphatic rings. The third-order valence-electron chi connectivity index (χ3n) is 2.89. The van der Waals surface area contributed by atoms with Gasteiger partial charge in [-0.15, -0.1) is 0 Å². The lowest BCUT2D eigenvalue weighted by atomic mass is 9.82. The largest absolute Gasteiger partial charge is 0.328 e. The van der Waals surface area contributed by atoms with E-state index in [1.54, 1.807) is 0 Å². The number of hydrogen-bond acceptors (Lipinski definition) is 2. The number of pyridine rings is 1. The lowest BCUT2D eigenvalue weighted by Gasteiger charge is -2.26. The van der Waals surface area contributed by atoms with Gasteiger partial charge in [-0.3, -0.25) is 4.98 Å². The van der Waals surface area contributed by atoms with Crippen molar-refractivity contribution >= 4 is 0 Å². The Morgan fingerprint density at radius 3 is 2.69 bits per heavy atom. The van der Waals surface area contributed by atoms with Crippen molar-refractivity contribution in [3.8, 4) is 0 Å². The molecule has 2 nitrogen and oxygen atoms in total. The van der Waals surface area contributed by atoms with Crippen LogP contribution in [0.2, 0.25) is 0 Å². The Morgan fingerprint density at radius 1 is 1.23 bits per heavy atom. The first-order chi connectivity index (χ1) is 6.36. The molecule has 1 saturated carbocycles. The molecule has 1 fully saturated rings. The second-order valence-corrected chi connectivity index (χ2v) is 3.90. The lowest BCUT2D eigenvalue weighted by Crippen LogP contribution is -2.26. The Kier molecular flexibility index (Phi) is 2.60. The summed E-state index contributed by atoms with van der Waals surface area (Å²) in [4.78, 5) is 4.03. The fraction of sp³-hybridized carbons (Fsp3) is 0.545. The summed E-state index contributed by atoms with van der Waals surface area (Å²) in [6.45, 7) is 0. The van der Waals surface area contributed by atoms with E-state index in [0.29, 0.717) is 12.0 Å². The van der Waals surface area contributed by atoms with E-state index < -0.39 is 0 Å². The van der Waals surface area contributed by atoms with Crippen molar-refractivity contribution in [2.45, 2.75) is 37.6 Å². The summed E-state index contributed by atoms with van der Waals surface area (Å²) >= 11 is 0. The molecule has 1 aliphatic carbocycles. The molecule has 70 valence electrons. The van der Waals surface area contributed by atoms with Crippen LogP contribution in [0, 0.1) is 0 Å². The van der Waals surface area contributed by atoms with Gasteiger partial charge in [0.1, 0.15) is 0 Å². The molecule has 0 amide bonds. The summed E-state index contributed by atoms with van der Waals surface area (Å²) in [6.07, 6.45) is 8.64. The van der Waals surface area contributed by atoms with Crippen LogP contribution < -0.4 is 5.73 Å². The maximum atomic E-state index is 5.95. The molecule has 1 heterocycles. The van der Waals surface area contributed by atoms with Crippen LogP contribution in [0.15, 0.2) is 24.5 Å². The molecule has 1 aromatic heterocycles. The summed E-state index contributed by atoms with van der Waals surface area (Å²) in [5.74, 6) is 0.673. The standard InChI is InChI=1S/C11H16N2/c12-11-3-1-2-10(8-11)9-4-6-13-7-5-9/h4-7,10-11H,1-3,8,12H2. The van der Waals surface area contributed by atoms with Crippen LogP contribution in [-0.2, 0) is 0 Å². The first kappa shape index (κ1) is 8.70. The zero-order valence-electron chi connectivity index (χ0n) is 7.82. The quantitative estimate of drug-likeness (QED) is 0.711. The highest BCUT2D eigenvalue weighted by atomic mass is 14.6. The van der Waals surface area contributed by atoms with E-state index in [1.807, 2.05) is 12.4 Å². The van der Waals surface area contributed by atoms with Gasteiger partial charge >= 0.3 is 0 Å². The molecule has 2 heteroatoms. The van der Waals surface area contributed by atoms with Gasteiger partial charge in [-0.25, -0.2) is 0 Å². The summed E-state index contributed by atoms with van der Waals surface area (Å²) in [5.41, 5.74) is 7.35. The average Bonchev–Trinajstić information content (AvgIpc) is 2.19. The first-order valence-electron chi connectivity index (χ1n) is 5.02. The van der Waals surface area contributed by atoms with Gasteiger partial charge in [0.15, 0.2) is 0 Å². The van der Waals surface area contributed by atoms with E-state index >= 15 is 0 Å². The predicted octanol–water partition coefficient (Wildman–Crippen LogP) is 2.07. The second kappa shape index (κ2) is 3.88. The molecule has 1 aromatic rings. The van der Waals surface area contributed by atoms with Crippen molar-refractivity contribution in [1.29, 1.82) is 0 Å². The molecule has 2 rings (SSSR count). The number of aromatic nitrogens is 1. The first-order valence-corrected chi connectivity index (χ1v) is 5.02. The van der Waals surface area contributed by atoms with Gasteiger partial charge in [0.25, 0.3) is 0 Å². The third kappa shape index (κ3) is 2.07. The number of nitrogens with two attached hydrogens (primary N) is 1. The molecular formula is C11H16N2. The molecule has 2 atom stereocenters. The van der Waals surface area contributed by atoms with E-state index in [2.05, 4.69) is 17.1 Å². The maximum Gasteiger partial charge on any atom is 0.0270 e. The van der Waals surface area contributed by atoms with Gasteiger partial charge in [-0.2, -0.15) is 0 Å². The van der Waals surface area contributed by atoms with Gasteiger partial charge in [-0.05, 0) is 42.9 Å². The van der Waals surface area contributed by atoms with Crippen LogP contribution in [0.5, 0.6) is 0 Å². The van der Waals surface area contributed by atoms with Crippen molar-refractivity contribution < 1.29 is 0 Å². The Hall–Kier alpha value is -0.890. The highest BCUT2D eigenvalue weighted by molar-refractivity contribution is 5.16. The van der Waals surface area contributed by atoms with Crippen LogP contribution in [0.3, 0.4) is 0 Å². The van der Waals surface area contributed by atoms with Gasteiger partial charge < -0.3 is 5.73 Å². The Balaban J connectivity index is 2.08. The van der Waals surface area contributed by atoms with Crippen LogP contribution in [0.1, 0.15) is 37.2 Å². The molecule has 0 aromatic carbocycles. The third-order valence-corrected chi connectivity index (χ3v) is 2.89. The van der Waals surface area contributed by atoms with E-state index in [-0.39, 0.29) is 0 Å². The predicted molar refractivity (Wildman–Crippen MR) is 53.4 cm³/mol. The Labute approximate surface area is 79.2 Å². The zero-order valence-corrected chi connectivity index (χ0v) is 7.82. The van der Waals surface area contributed by atoms with Gasteiger partial charge in [0.2, 0.25) is 0 Å². The molecule has 0 aliphatic heterocycles. The smallest absolute Gasteiger partial charge is 0.0270 e. The van der Waals surface area contributed by atoms with Crippen molar-refractivity contribution in [3.63, 3.8) is 0 Å². The molecule has 0 saturated heterocycles. The fourth-order valence-electron chi connectivity index (χ4n) is 2.17. The van der Waals surface area contributed by atoms with E-state index in [1.165, 1.54) is 24.8 Å². The van der Waals surface area contributed by atoms with Crippen molar-refractivity contribution in [1.82, 2.24) is 4.98 Å². The van der Waals surface area contributed by atoms with Crippen LogP contribution >= 0.6 is 0 Å². The van der Waals surface area contributed by atoms with Gasteiger partial charge in [0, 0.05) is 18.4 Å². The summed E-state index contributed by atoms with van der Waals surface area (Å²) in [7, 11) is 0. The lowest BCUT2D eigenvalue weighted by molar-refractivity contribution is 0.393. The average molecular weight is 176 g/mol. The monoisotopic (exact) mass is 176 g/mol. The summed E-state index contributed by atoms with van der Waals surface area (Å²) in [5, 5.41) is 0. The highest BCUT2D eigenvalue weighted by Crippen LogP contribution is 2.31. The fourth-order valence-corrected chi connectivity index (χ4v) is 2.17. The van der Waals surface area contributed by atoms with Gasteiger partial charge in [0.05, 0.1) is 0 Å². The molecule has 0 spiro atoms. The Morgan fingerprint density at radius 2 is 2.00 bits per heavy atom. The number of rotatable bonds is 1. The molecule has 0 radical (unpaired) electrons. The molecular weight excluding hydrogens is 160 g/mol. The SMILES string of the molecule is NC1CCCC(c2ccncc2)C1. The minimum absolute atomic E-state index is 0.409. The summed E-state index contributed by atoms with van der Waals surface area (Å²) in [6, 6.07) is 4.64. The maximum absolute atomic E-state index is 5.95. The summed E-state index contributed by atoms with van der Waals surface area (Å²) < 4.78 is 0. The van der Waals surface area contributed by atoms with Gasteiger partial charge in [-0.1, -0.05) is 6.42 Å². The van der Waals surface area contributed by atoms with Crippen LogP contribution in [0.25, 0.3) is 0 Å². The normalized spacial score (nSPS) is 28.7. The van der Waals surface area contributed by atoms with Crippen molar-refractivity contribution in [3.05, 3.63) is 30.1 Å². The van der Waals surface area contributed by atoms with Crippen LogP contribution in [0.4, 0.5) is 0 Å². The van der Waals surface area contributed by atoms with E-state index in [9.17, 15) is 0 Å².